The van der Waals surface area contributed by atoms with Gasteiger partial charge in [-0.15, -0.1) is 13.2 Å². The van der Waals surface area contributed by atoms with Gasteiger partial charge in [0.15, 0.2) is 11.9 Å². The van der Waals surface area contributed by atoms with Crippen molar-refractivity contribution in [3.63, 3.8) is 0 Å². The minimum absolute atomic E-state index is 0.428. The molecule has 0 saturated carbocycles. The van der Waals surface area contributed by atoms with Crippen LogP contribution in [0.2, 0.25) is 0 Å². The number of H-pyrrole nitrogens is 1. The fourth-order valence-corrected chi connectivity index (χ4v) is 4.14. The first-order valence-corrected chi connectivity index (χ1v) is 11.3. The average molecular weight is 370 g/mol. The maximum absolute atomic E-state index is 10.4. The summed E-state index contributed by atoms with van der Waals surface area (Å²) in [6.07, 6.45) is 4.13. The molecule has 0 spiro atoms. The number of nitrogens with zero attached hydrogens (tertiary/aromatic N) is 3. The van der Waals surface area contributed by atoms with Gasteiger partial charge in [0.2, 0.25) is 0 Å². The highest BCUT2D eigenvalue weighted by molar-refractivity contribution is 7.72. The summed E-state index contributed by atoms with van der Waals surface area (Å²) >= 11 is 5.26. The maximum atomic E-state index is 10.4. The number of rotatable bonds is 4. The summed E-state index contributed by atoms with van der Waals surface area (Å²) in [6, 6.07) is 0. The molecule has 1 fully saturated rings. The minimum atomic E-state index is -1.22. The molecule has 2 aromatic rings. The van der Waals surface area contributed by atoms with E-state index in [2.05, 4.69) is 34.6 Å². The van der Waals surface area contributed by atoms with Gasteiger partial charge in [-0.3, -0.25) is 4.57 Å². The number of aromatic amines is 1. The molecule has 3 rings (SSSR count). The summed E-state index contributed by atoms with van der Waals surface area (Å²) in [6.45, 7) is 4.86. The second kappa shape index (κ2) is 6.35. The van der Waals surface area contributed by atoms with Gasteiger partial charge >= 0.3 is 0 Å². The molecular formula is C15H23N4O3PS. The third kappa shape index (κ3) is 3.34. The van der Waals surface area contributed by atoms with E-state index < -0.39 is 31.4 Å². The molecule has 3 heterocycles. The molecule has 0 amide bonds. The molecule has 1 aliphatic rings. The number of ether oxygens (including phenoxy) is 1. The van der Waals surface area contributed by atoms with E-state index in [1.165, 1.54) is 0 Å². The minimum Gasteiger partial charge on any atom is -0.388 e. The van der Waals surface area contributed by atoms with Gasteiger partial charge < -0.3 is 19.9 Å². The van der Waals surface area contributed by atoms with E-state index in [0.29, 0.717) is 28.0 Å². The predicted octanol–water partition coefficient (Wildman–Crippen LogP) is 1.52. The van der Waals surface area contributed by atoms with Crippen molar-refractivity contribution in [3.05, 3.63) is 16.8 Å². The summed E-state index contributed by atoms with van der Waals surface area (Å²) in [5.41, 5.74) is 1.09. The largest absolute Gasteiger partial charge is 0.388 e. The summed E-state index contributed by atoms with van der Waals surface area (Å²) < 4.78 is 8.08. The van der Waals surface area contributed by atoms with Crippen molar-refractivity contribution in [3.8, 4) is 0 Å². The lowest BCUT2D eigenvalue weighted by molar-refractivity contribution is -0.0353. The molecule has 4 atom stereocenters. The Balaban J connectivity index is 1.90. The highest BCUT2D eigenvalue weighted by Crippen LogP contribution is 2.39. The van der Waals surface area contributed by atoms with Crippen LogP contribution in [0.3, 0.4) is 0 Å². The van der Waals surface area contributed by atoms with E-state index in [9.17, 15) is 10.2 Å². The number of aliphatic hydroxyl groups excluding tert-OH is 2. The number of fused-ring (bicyclic) bond motifs is 1. The van der Waals surface area contributed by atoms with E-state index in [1.54, 1.807) is 17.8 Å². The SMILES string of the molecule is C=P(C)(C)CCC1OC(n2cnc3c(=S)[nH]c(C)nc32)[C@H](O)[C@@H]1O. The first kappa shape index (κ1) is 17.8. The lowest BCUT2D eigenvalue weighted by Gasteiger charge is -2.18. The van der Waals surface area contributed by atoms with E-state index in [4.69, 9.17) is 17.0 Å². The predicted molar refractivity (Wildman–Crippen MR) is 98.7 cm³/mol. The van der Waals surface area contributed by atoms with Crippen molar-refractivity contribution in [2.24, 2.45) is 0 Å². The Kier molecular flexibility index (Phi) is 4.70. The van der Waals surface area contributed by atoms with Crippen LogP contribution in [0, 0.1) is 11.6 Å². The normalized spacial score (nSPS) is 27.9. The maximum Gasteiger partial charge on any atom is 0.167 e. The van der Waals surface area contributed by atoms with Crippen LogP contribution in [-0.4, -0.2) is 73.8 Å². The zero-order valence-electron chi connectivity index (χ0n) is 14.0. The molecule has 0 aliphatic carbocycles. The van der Waals surface area contributed by atoms with Crippen LogP contribution in [-0.2, 0) is 4.74 Å². The molecule has 1 aliphatic heterocycles. The highest BCUT2D eigenvalue weighted by atomic mass is 32.1. The topological polar surface area (TPSA) is 96.2 Å². The fraction of sp³-hybridized carbons (Fsp3) is 0.600. The smallest absolute Gasteiger partial charge is 0.167 e. The Bertz CT molecular complexity index is 858. The molecule has 24 heavy (non-hydrogen) atoms. The van der Waals surface area contributed by atoms with Crippen molar-refractivity contribution in [2.75, 3.05) is 19.5 Å². The Labute approximate surface area is 145 Å². The van der Waals surface area contributed by atoms with Crippen LogP contribution >= 0.6 is 19.1 Å². The Morgan fingerprint density at radius 3 is 2.79 bits per heavy atom. The van der Waals surface area contributed by atoms with E-state index in [0.717, 1.165) is 6.16 Å². The third-order valence-electron chi connectivity index (χ3n) is 4.18. The average Bonchev–Trinajstić information content (AvgIpc) is 3.00. The molecule has 0 bridgehead atoms. The fourth-order valence-electron chi connectivity index (χ4n) is 2.90. The number of imidazole rings is 1. The standard InChI is InChI=1S/C15H23N4O3PS/c1-8-17-13-10(14(24)18-8)16-7-19(13)15-12(21)11(20)9(22-15)5-6-23(2,3)4/h7,9,11-12,15,20-21H,2,5-6H2,1,3-4H3,(H,17,18,24)/t9?,11-,12-,15?/m1/s1. The molecule has 1 saturated heterocycles. The van der Waals surface area contributed by atoms with E-state index in [-0.39, 0.29) is 0 Å². The molecule has 0 aromatic carbocycles. The number of aliphatic hydroxyl groups is 2. The summed E-state index contributed by atoms with van der Waals surface area (Å²) in [4.78, 5) is 11.6. The van der Waals surface area contributed by atoms with Gasteiger partial charge in [-0.1, -0.05) is 12.2 Å². The Hall–Kier alpha value is -1.05. The summed E-state index contributed by atoms with van der Waals surface area (Å²) in [5.74, 6) is 0.655. The van der Waals surface area contributed by atoms with Crippen molar-refractivity contribution in [1.82, 2.24) is 19.5 Å². The highest BCUT2D eigenvalue weighted by Gasteiger charge is 2.44. The van der Waals surface area contributed by atoms with Crippen LogP contribution < -0.4 is 0 Å². The zero-order valence-corrected chi connectivity index (χ0v) is 15.7. The van der Waals surface area contributed by atoms with Gasteiger partial charge in [0, 0.05) is 0 Å². The van der Waals surface area contributed by atoms with Crippen molar-refractivity contribution in [1.29, 1.82) is 0 Å². The summed E-state index contributed by atoms with van der Waals surface area (Å²) in [7, 11) is 0. The molecule has 7 nitrogen and oxygen atoms in total. The van der Waals surface area contributed by atoms with Crippen molar-refractivity contribution in [2.45, 2.75) is 37.9 Å². The monoisotopic (exact) mass is 370 g/mol. The molecule has 9 heteroatoms. The van der Waals surface area contributed by atoms with Gasteiger partial charge in [0.05, 0.1) is 12.4 Å². The molecule has 3 N–H and O–H groups in total. The number of nitrogens with one attached hydrogen (secondary N) is 1. The first-order chi connectivity index (χ1) is 11.2. The second-order valence-corrected chi connectivity index (χ2v) is 11.7. The van der Waals surface area contributed by atoms with Crippen LogP contribution in [0.4, 0.5) is 0 Å². The van der Waals surface area contributed by atoms with Crippen LogP contribution in [0.25, 0.3) is 11.2 Å². The van der Waals surface area contributed by atoms with Gasteiger partial charge in [-0.05, 0) is 32.8 Å². The molecule has 2 aromatic heterocycles. The quantitative estimate of drug-likeness (QED) is 0.558. The van der Waals surface area contributed by atoms with Gasteiger partial charge in [-0.25, -0.2) is 9.97 Å². The van der Waals surface area contributed by atoms with E-state index in [1.807, 2.05) is 0 Å². The lowest BCUT2D eigenvalue weighted by atomic mass is 10.1. The lowest BCUT2D eigenvalue weighted by Crippen LogP contribution is -2.31. The second-order valence-electron chi connectivity index (χ2n) is 6.97. The summed E-state index contributed by atoms with van der Waals surface area (Å²) in [5, 5.41) is 20.8. The van der Waals surface area contributed by atoms with Crippen LogP contribution in [0.5, 0.6) is 0 Å². The van der Waals surface area contributed by atoms with Crippen molar-refractivity contribution >= 4 is 36.6 Å². The molecule has 0 radical (unpaired) electrons. The van der Waals surface area contributed by atoms with Crippen LogP contribution in [0.15, 0.2) is 6.33 Å². The van der Waals surface area contributed by atoms with E-state index >= 15 is 0 Å². The third-order valence-corrected chi connectivity index (χ3v) is 5.95. The number of hydrogen-bond donors (Lipinski definition) is 3. The van der Waals surface area contributed by atoms with Gasteiger partial charge in [0.25, 0.3) is 0 Å². The zero-order chi connectivity index (χ0) is 17.6. The molecular weight excluding hydrogens is 347 g/mol. The van der Waals surface area contributed by atoms with Crippen molar-refractivity contribution < 1.29 is 14.9 Å². The molecule has 132 valence electrons. The van der Waals surface area contributed by atoms with Gasteiger partial charge in [0.1, 0.15) is 28.2 Å². The Morgan fingerprint density at radius 2 is 2.12 bits per heavy atom. The number of aromatic nitrogens is 4. The van der Waals surface area contributed by atoms with Gasteiger partial charge in [-0.2, -0.15) is 0 Å². The first-order valence-electron chi connectivity index (χ1n) is 7.80. The Morgan fingerprint density at radius 1 is 1.42 bits per heavy atom. The van der Waals surface area contributed by atoms with Crippen LogP contribution in [0.1, 0.15) is 18.5 Å². The number of hydrogen-bond acceptors (Lipinski definition) is 6. The molecule has 2 unspecified atom stereocenters. The number of aryl methyl sites for hydroxylation is 1.